The van der Waals surface area contributed by atoms with Gasteiger partial charge >= 0.3 is 0 Å². The van der Waals surface area contributed by atoms with Gasteiger partial charge in [-0.1, -0.05) is 42.3 Å². The highest BCUT2D eigenvalue weighted by Gasteiger charge is 2.24. The number of rotatable bonds is 4. The minimum atomic E-state index is -0.206. The van der Waals surface area contributed by atoms with Crippen LogP contribution < -0.4 is 10.1 Å². The fourth-order valence-electron chi connectivity index (χ4n) is 2.41. The smallest absolute Gasteiger partial charge is 0.264 e. The van der Waals surface area contributed by atoms with Gasteiger partial charge in [0, 0.05) is 0 Å². The zero-order valence-electron chi connectivity index (χ0n) is 14.2. The quantitative estimate of drug-likeness (QED) is 0.686. The lowest BCUT2D eigenvalue weighted by Gasteiger charge is -2.06. The first-order valence-corrected chi connectivity index (χ1v) is 9.49. The molecule has 0 aliphatic carbocycles. The van der Waals surface area contributed by atoms with Crippen molar-refractivity contribution >= 4 is 57.8 Å². The Bertz CT molecular complexity index is 885. The predicted octanol–water partition coefficient (Wildman–Crippen LogP) is 5.46. The zero-order valence-corrected chi connectivity index (χ0v) is 16.5. The second kappa shape index (κ2) is 8.16. The van der Waals surface area contributed by atoms with Gasteiger partial charge in [0.25, 0.3) is 5.91 Å². The number of thioether (sulfide) groups is 1. The first-order chi connectivity index (χ1) is 12.5. The molecule has 4 nitrogen and oxygen atoms in total. The Kier molecular flexibility index (Phi) is 5.91. The summed E-state index contributed by atoms with van der Waals surface area (Å²) in [4.78, 5) is 17.2. The lowest BCUT2D eigenvalue weighted by molar-refractivity contribution is -0.115. The molecule has 1 aliphatic rings. The number of carbonyl (C=O) groups is 1. The molecular formula is C19H16Cl2N2O2S. The molecule has 2 aromatic carbocycles. The molecule has 0 aromatic heterocycles. The van der Waals surface area contributed by atoms with E-state index in [1.807, 2.05) is 24.3 Å². The molecule has 0 atom stereocenters. The molecule has 0 spiro atoms. The van der Waals surface area contributed by atoms with E-state index in [1.54, 1.807) is 18.2 Å². The van der Waals surface area contributed by atoms with Crippen LogP contribution in [0, 0.1) is 0 Å². The number of aryl methyl sites for hydroxylation is 1. The number of methoxy groups -OCH3 is 1. The highest BCUT2D eigenvalue weighted by Crippen LogP contribution is 2.36. The number of hydrogen-bond acceptors (Lipinski definition) is 4. The van der Waals surface area contributed by atoms with Crippen molar-refractivity contribution in [2.45, 2.75) is 13.3 Å². The van der Waals surface area contributed by atoms with E-state index in [0.29, 0.717) is 31.4 Å². The van der Waals surface area contributed by atoms with Crippen LogP contribution in [0.3, 0.4) is 0 Å². The first-order valence-electron chi connectivity index (χ1n) is 7.91. The third-order valence-electron chi connectivity index (χ3n) is 3.75. The van der Waals surface area contributed by atoms with Crippen molar-refractivity contribution in [2.75, 3.05) is 7.11 Å². The Balaban J connectivity index is 1.83. The monoisotopic (exact) mass is 406 g/mol. The average molecular weight is 407 g/mol. The molecule has 1 amide bonds. The Hall–Kier alpha value is -1.95. The summed E-state index contributed by atoms with van der Waals surface area (Å²) in [6.45, 7) is 2.10. The van der Waals surface area contributed by atoms with Crippen LogP contribution in [0.1, 0.15) is 18.1 Å². The number of carbonyl (C=O) groups excluding carboxylic acids is 1. The topological polar surface area (TPSA) is 50.7 Å². The van der Waals surface area contributed by atoms with Crippen molar-refractivity contribution in [3.8, 4) is 5.75 Å². The molecule has 3 rings (SSSR count). The zero-order chi connectivity index (χ0) is 18.7. The van der Waals surface area contributed by atoms with Gasteiger partial charge in [-0.15, -0.1) is 0 Å². The van der Waals surface area contributed by atoms with Crippen LogP contribution >= 0.6 is 35.0 Å². The number of amides is 1. The molecule has 2 aromatic rings. The summed E-state index contributed by atoms with van der Waals surface area (Å²) in [7, 11) is 1.50. The highest BCUT2D eigenvalue weighted by molar-refractivity contribution is 8.18. The summed E-state index contributed by atoms with van der Waals surface area (Å²) in [6, 6.07) is 11.3. The third-order valence-corrected chi connectivity index (χ3v) is 5.22. The summed E-state index contributed by atoms with van der Waals surface area (Å²) in [5.41, 5.74) is 2.75. The maximum atomic E-state index is 12.2. The maximum absolute atomic E-state index is 12.2. The number of benzene rings is 2. The molecule has 1 aliphatic heterocycles. The lowest BCUT2D eigenvalue weighted by Crippen LogP contribution is -2.19. The Morgan fingerprint density at radius 2 is 1.85 bits per heavy atom. The van der Waals surface area contributed by atoms with Gasteiger partial charge < -0.3 is 10.1 Å². The van der Waals surface area contributed by atoms with Gasteiger partial charge in [-0.2, -0.15) is 0 Å². The van der Waals surface area contributed by atoms with E-state index < -0.39 is 0 Å². The van der Waals surface area contributed by atoms with Gasteiger partial charge in [0.15, 0.2) is 10.9 Å². The van der Waals surface area contributed by atoms with E-state index in [1.165, 1.54) is 24.4 Å². The van der Waals surface area contributed by atoms with E-state index in [4.69, 9.17) is 27.9 Å². The van der Waals surface area contributed by atoms with Crippen LogP contribution in [-0.4, -0.2) is 18.2 Å². The molecule has 7 heteroatoms. The van der Waals surface area contributed by atoms with Crippen molar-refractivity contribution in [1.82, 2.24) is 5.32 Å². The molecule has 1 fully saturated rings. The van der Waals surface area contributed by atoms with Crippen molar-refractivity contribution in [2.24, 2.45) is 4.99 Å². The summed E-state index contributed by atoms with van der Waals surface area (Å²) >= 11 is 13.6. The van der Waals surface area contributed by atoms with Gasteiger partial charge in [-0.05, 0) is 59.7 Å². The average Bonchev–Trinajstić information content (AvgIpc) is 2.94. The summed E-state index contributed by atoms with van der Waals surface area (Å²) in [5.74, 6) is 0.207. The largest absolute Gasteiger partial charge is 0.494 e. The molecule has 0 saturated carbocycles. The Morgan fingerprint density at radius 1 is 1.19 bits per heavy atom. The fourth-order valence-corrected chi connectivity index (χ4v) is 3.91. The van der Waals surface area contributed by atoms with Crippen LogP contribution in [0.25, 0.3) is 6.08 Å². The van der Waals surface area contributed by atoms with E-state index in [2.05, 4.69) is 17.2 Å². The number of nitrogens with zero attached hydrogens (tertiary/aromatic N) is 1. The molecule has 0 radical (unpaired) electrons. The van der Waals surface area contributed by atoms with Gasteiger partial charge in [0.2, 0.25) is 0 Å². The van der Waals surface area contributed by atoms with Crippen LogP contribution in [0.15, 0.2) is 46.3 Å². The SMILES string of the molecule is CCc1ccc(N=C2NC(=O)/C(=C/c3cc(Cl)c(OC)c(Cl)c3)S2)cc1. The first kappa shape index (κ1) is 18.8. The van der Waals surface area contributed by atoms with Gasteiger partial charge in [-0.3, -0.25) is 4.79 Å². The van der Waals surface area contributed by atoms with E-state index in [9.17, 15) is 4.79 Å². The summed E-state index contributed by atoms with van der Waals surface area (Å²) in [6.07, 6.45) is 2.70. The molecule has 1 heterocycles. The molecule has 134 valence electrons. The van der Waals surface area contributed by atoms with Gasteiger partial charge in [-0.25, -0.2) is 4.99 Å². The van der Waals surface area contributed by atoms with Gasteiger partial charge in [0.1, 0.15) is 0 Å². The van der Waals surface area contributed by atoms with Crippen molar-refractivity contribution in [1.29, 1.82) is 0 Å². The second-order valence-corrected chi connectivity index (χ2v) is 7.36. The van der Waals surface area contributed by atoms with Gasteiger partial charge in [0.05, 0.1) is 27.7 Å². The lowest BCUT2D eigenvalue weighted by atomic mass is 10.2. The Morgan fingerprint density at radius 3 is 2.42 bits per heavy atom. The summed E-state index contributed by atoms with van der Waals surface area (Å²) in [5, 5.41) is 4.08. The van der Waals surface area contributed by atoms with E-state index in [0.717, 1.165) is 12.1 Å². The van der Waals surface area contributed by atoms with E-state index in [-0.39, 0.29) is 5.91 Å². The van der Waals surface area contributed by atoms with Crippen molar-refractivity contribution < 1.29 is 9.53 Å². The number of ether oxygens (including phenoxy) is 1. The van der Waals surface area contributed by atoms with Crippen LogP contribution in [-0.2, 0) is 11.2 Å². The summed E-state index contributed by atoms with van der Waals surface area (Å²) < 4.78 is 5.13. The minimum absolute atomic E-state index is 0.206. The van der Waals surface area contributed by atoms with E-state index >= 15 is 0 Å². The normalized spacial score (nSPS) is 17.0. The number of amidine groups is 1. The van der Waals surface area contributed by atoms with Crippen LogP contribution in [0.5, 0.6) is 5.75 Å². The second-order valence-electron chi connectivity index (χ2n) is 5.52. The third kappa shape index (κ3) is 4.23. The molecule has 1 saturated heterocycles. The number of halogens is 2. The minimum Gasteiger partial charge on any atom is -0.494 e. The highest BCUT2D eigenvalue weighted by atomic mass is 35.5. The van der Waals surface area contributed by atoms with Crippen molar-refractivity contribution in [3.63, 3.8) is 0 Å². The van der Waals surface area contributed by atoms with Crippen LogP contribution in [0.4, 0.5) is 5.69 Å². The molecule has 0 bridgehead atoms. The Labute approximate surface area is 166 Å². The van der Waals surface area contributed by atoms with Crippen molar-refractivity contribution in [3.05, 3.63) is 62.5 Å². The molecule has 0 unspecified atom stereocenters. The number of aliphatic imine (C=N–C) groups is 1. The standard InChI is InChI=1S/C19H16Cl2N2O2S/c1-3-11-4-6-13(7-5-11)22-19-23-18(24)16(26-19)10-12-8-14(20)17(25-2)15(21)9-12/h4-10H,3H2,1-2H3,(H,22,23,24)/b16-10-. The number of hydrogen-bond donors (Lipinski definition) is 1. The maximum Gasteiger partial charge on any atom is 0.264 e. The molecular weight excluding hydrogens is 391 g/mol. The molecule has 1 N–H and O–H groups in total. The molecule has 26 heavy (non-hydrogen) atoms. The van der Waals surface area contributed by atoms with Crippen LogP contribution in [0.2, 0.25) is 10.0 Å². The predicted molar refractivity (Wildman–Crippen MR) is 110 cm³/mol. The number of nitrogens with one attached hydrogen (secondary N) is 1. The fraction of sp³-hybridized carbons (Fsp3) is 0.158.